The zero-order valence-electron chi connectivity index (χ0n) is 11.1. The summed E-state index contributed by atoms with van der Waals surface area (Å²) in [5.74, 6) is 0.364. The lowest BCUT2D eigenvalue weighted by atomic mass is 10.4. The van der Waals surface area contributed by atoms with Gasteiger partial charge in [-0.3, -0.25) is 10.1 Å². The van der Waals surface area contributed by atoms with Gasteiger partial charge < -0.3 is 10.6 Å². The van der Waals surface area contributed by atoms with Crippen molar-refractivity contribution in [1.29, 1.82) is 0 Å². The van der Waals surface area contributed by atoms with Crippen molar-refractivity contribution in [2.75, 3.05) is 17.7 Å². The molecule has 20 heavy (non-hydrogen) atoms. The van der Waals surface area contributed by atoms with Crippen LogP contribution in [0.1, 0.15) is 16.8 Å². The molecule has 2 aromatic rings. The second kappa shape index (κ2) is 6.24. The molecule has 0 fully saturated rings. The van der Waals surface area contributed by atoms with E-state index >= 15 is 0 Å². The van der Waals surface area contributed by atoms with Crippen molar-refractivity contribution < 1.29 is 4.92 Å². The number of aromatic nitrogens is 3. The van der Waals surface area contributed by atoms with E-state index in [2.05, 4.69) is 32.5 Å². The van der Waals surface area contributed by atoms with E-state index in [4.69, 9.17) is 0 Å². The van der Waals surface area contributed by atoms with Crippen LogP contribution < -0.4 is 10.6 Å². The third-order valence-corrected chi connectivity index (χ3v) is 3.74. The van der Waals surface area contributed by atoms with Crippen molar-refractivity contribution in [3.63, 3.8) is 0 Å². The maximum atomic E-state index is 11.1. The third-order valence-electron chi connectivity index (χ3n) is 2.60. The summed E-state index contributed by atoms with van der Waals surface area (Å²) in [5, 5.41) is 17.6. The van der Waals surface area contributed by atoms with Gasteiger partial charge in [0, 0.05) is 18.1 Å². The second-order valence-electron chi connectivity index (χ2n) is 3.85. The zero-order chi connectivity index (χ0) is 14.5. The summed E-state index contributed by atoms with van der Waals surface area (Å²) >= 11 is 1.57. The summed E-state index contributed by atoms with van der Waals surface area (Å²) in [7, 11) is 1.58. The number of hydrogen-bond acceptors (Lipinski definition) is 8. The summed E-state index contributed by atoms with van der Waals surface area (Å²) < 4.78 is 0. The normalized spacial score (nSPS) is 10.3. The van der Waals surface area contributed by atoms with Crippen molar-refractivity contribution in [3.8, 4) is 0 Å². The van der Waals surface area contributed by atoms with Crippen LogP contribution in [-0.4, -0.2) is 26.9 Å². The van der Waals surface area contributed by atoms with Gasteiger partial charge in [0.1, 0.15) is 11.3 Å². The first-order chi connectivity index (χ1) is 9.65. The molecule has 2 aromatic heterocycles. The Hall–Kier alpha value is -2.29. The largest absolute Gasteiger partial charge is 0.367 e. The van der Waals surface area contributed by atoms with Gasteiger partial charge in [-0.1, -0.05) is 6.92 Å². The minimum Gasteiger partial charge on any atom is -0.367 e. The third kappa shape index (κ3) is 2.99. The highest BCUT2D eigenvalue weighted by Gasteiger charge is 2.22. The molecule has 0 saturated heterocycles. The van der Waals surface area contributed by atoms with Gasteiger partial charge in [-0.25, -0.2) is 15.0 Å². The Balaban J connectivity index is 2.18. The molecule has 2 N–H and O–H groups in total. The van der Waals surface area contributed by atoms with Gasteiger partial charge in [0.05, 0.1) is 11.5 Å². The summed E-state index contributed by atoms with van der Waals surface area (Å²) in [5.41, 5.74) is -0.165. The summed E-state index contributed by atoms with van der Waals surface area (Å²) in [6.45, 7) is 2.45. The number of aryl methyl sites for hydroxylation is 1. The van der Waals surface area contributed by atoms with E-state index in [0.717, 1.165) is 11.4 Å². The fourth-order valence-corrected chi connectivity index (χ4v) is 2.42. The fraction of sp³-hybridized carbons (Fsp3) is 0.364. The van der Waals surface area contributed by atoms with Crippen LogP contribution in [0, 0.1) is 10.1 Å². The van der Waals surface area contributed by atoms with Crippen LogP contribution in [0.15, 0.2) is 12.5 Å². The van der Waals surface area contributed by atoms with Crippen molar-refractivity contribution in [3.05, 3.63) is 32.5 Å². The number of nitrogens with zero attached hydrogens (tertiary/aromatic N) is 4. The molecule has 0 aliphatic rings. The van der Waals surface area contributed by atoms with E-state index in [-0.39, 0.29) is 17.3 Å². The Kier molecular flexibility index (Phi) is 4.41. The lowest BCUT2D eigenvalue weighted by molar-refractivity contribution is -0.383. The molecule has 0 aliphatic heterocycles. The molecular weight excluding hydrogens is 280 g/mol. The number of nitro groups is 1. The van der Waals surface area contributed by atoms with Gasteiger partial charge >= 0.3 is 5.69 Å². The fourth-order valence-electron chi connectivity index (χ4n) is 1.62. The predicted octanol–water partition coefficient (Wildman–Crippen LogP) is 2.06. The molecule has 0 radical (unpaired) electrons. The van der Waals surface area contributed by atoms with Gasteiger partial charge in [0.2, 0.25) is 11.6 Å². The first kappa shape index (κ1) is 14.1. The first-order valence-corrected chi connectivity index (χ1v) is 6.82. The number of anilines is 2. The first-order valence-electron chi connectivity index (χ1n) is 6.00. The molecule has 2 heterocycles. The van der Waals surface area contributed by atoms with Crippen molar-refractivity contribution in [2.45, 2.75) is 19.9 Å². The van der Waals surface area contributed by atoms with Gasteiger partial charge in [-0.15, -0.1) is 11.3 Å². The Bertz CT molecular complexity index is 615. The molecule has 0 atom stereocenters. The van der Waals surface area contributed by atoms with Crippen LogP contribution >= 0.6 is 11.3 Å². The Labute approximate surface area is 119 Å². The Morgan fingerprint density at radius 3 is 2.70 bits per heavy atom. The van der Waals surface area contributed by atoms with E-state index in [0.29, 0.717) is 6.54 Å². The predicted molar refractivity (Wildman–Crippen MR) is 77.1 cm³/mol. The van der Waals surface area contributed by atoms with Crippen molar-refractivity contribution >= 4 is 28.7 Å². The Morgan fingerprint density at radius 1 is 1.35 bits per heavy atom. The molecule has 9 heteroatoms. The minimum absolute atomic E-state index is 0.165. The summed E-state index contributed by atoms with van der Waals surface area (Å²) in [6.07, 6.45) is 4.02. The van der Waals surface area contributed by atoms with Gasteiger partial charge in [0.15, 0.2) is 0 Å². The molecule has 8 nitrogen and oxygen atoms in total. The van der Waals surface area contributed by atoms with Crippen LogP contribution in [0.2, 0.25) is 0 Å². The lowest BCUT2D eigenvalue weighted by Crippen LogP contribution is -2.08. The lowest BCUT2D eigenvalue weighted by Gasteiger charge is -2.06. The minimum atomic E-state index is -0.506. The number of rotatable bonds is 6. The van der Waals surface area contributed by atoms with E-state index in [9.17, 15) is 10.1 Å². The van der Waals surface area contributed by atoms with Crippen LogP contribution in [0.25, 0.3) is 0 Å². The van der Waals surface area contributed by atoms with E-state index in [1.807, 2.05) is 6.20 Å². The molecule has 0 amide bonds. The molecule has 106 valence electrons. The maximum absolute atomic E-state index is 11.1. The second-order valence-corrected chi connectivity index (χ2v) is 5.05. The highest BCUT2D eigenvalue weighted by atomic mass is 32.1. The van der Waals surface area contributed by atoms with Gasteiger partial charge in [-0.05, 0) is 6.42 Å². The standard InChI is InChI=1S/C11H14N6O2S/c1-3-7-4-13-8(20-7)5-14-11-9(17(18)19)10(12-2)15-6-16-11/h4,6H,3,5H2,1-2H3,(H2,12,14,15,16). The van der Waals surface area contributed by atoms with E-state index < -0.39 is 4.92 Å². The molecule has 0 unspecified atom stereocenters. The van der Waals surface area contributed by atoms with Crippen LogP contribution in [0.5, 0.6) is 0 Å². The van der Waals surface area contributed by atoms with E-state index in [1.54, 1.807) is 18.4 Å². The van der Waals surface area contributed by atoms with E-state index in [1.165, 1.54) is 11.2 Å². The highest BCUT2D eigenvalue weighted by Crippen LogP contribution is 2.28. The highest BCUT2D eigenvalue weighted by molar-refractivity contribution is 7.11. The van der Waals surface area contributed by atoms with Gasteiger partial charge in [0.25, 0.3) is 0 Å². The molecule has 0 aromatic carbocycles. The topological polar surface area (TPSA) is 106 Å². The molecule has 2 rings (SSSR count). The van der Waals surface area contributed by atoms with Gasteiger partial charge in [-0.2, -0.15) is 0 Å². The van der Waals surface area contributed by atoms with Crippen LogP contribution in [-0.2, 0) is 13.0 Å². The van der Waals surface area contributed by atoms with Crippen LogP contribution in [0.3, 0.4) is 0 Å². The summed E-state index contributed by atoms with van der Waals surface area (Å²) in [4.78, 5) is 23.8. The number of thiazole rings is 1. The zero-order valence-corrected chi connectivity index (χ0v) is 11.9. The van der Waals surface area contributed by atoms with Crippen molar-refractivity contribution in [1.82, 2.24) is 15.0 Å². The molecule has 0 bridgehead atoms. The Morgan fingerprint density at radius 2 is 2.10 bits per heavy atom. The monoisotopic (exact) mass is 294 g/mol. The number of nitrogens with one attached hydrogen (secondary N) is 2. The molecule has 0 aliphatic carbocycles. The molecule has 0 saturated carbocycles. The quantitative estimate of drug-likeness (QED) is 0.620. The number of hydrogen-bond donors (Lipinski definition) is 2. The van der Waals surface area contributed by atoms with Crippen molar-refractivity contribution in [2.24, 2.45) is 0 Å². The average molecular weight is 294 g/mol. The maximum Gasteiger partial charge on any atom is 0.353 e. The molecular formula is C11H14N6O2S. The molecule has 0 spiro atoms. The smallest absolute Gasteiger partial charge is 0.353 e. The SMILES string of the molecule is CCc1cnc(CNc2ncnc(NC)c2[N+](=O)[O-])s1. The average Bonchev–Trinajstić information content (AvgIpc) is 2.92. The van der Waals surface area contributed by atoms with Crippen LogP contribution in [0.4, 0.5) is 17.3 Å². The summed E-state index contributed by atoms with van der Waals surface area (Å²) in [6, 6.07) is 0.